The SMILES string of the molecule is CCc1cc2ncc(CN3CCN(c4ccc(C(=O)N(C)C5CCN(c6ccc7c(c6)C(=O)N([C@H]6CCC(=O)NC6=O)C7=O)CC5)nc4)CC3)cc2[nH]c1=O. The van der Waals surface area contributed by atoms with Crippen LogP contribution in [0.2, 0.25) is 0 Å². The molecule has 0 unspecified atom stereocenters. The highest BCUT2D eigenvalue weighted by atomic mass is 16.2. The number of amides is 5. The molecule has 4 aliphatic rings. The summed E-state index contributed by atoms with van der Waals surface area (Å²) in [5.41, 5.74) is 5.94. The number of aromatic amines is 1. The highest BCUT2D eigenvalue weighted by Gasteiger charge is 2.45. The number of hydrogen-bond acceptors (Lipinski definition) is 11. The number of hydrogen-bond donors (Lipinski definition) is 2. The third-order valence-electron chi connectivity index (χ3n) is 11.4. The molecule has 2 N–H and O–H groups in total. The van der Waals surface area contributed by atoms with Crippen LogP contribution in [-0.4, -0.2) is 118 Å². The summed E-state index contributed by atoms with van der Waals surface area (Å²) in [5, 5.41) is 2.22. The number of benzene rings is 1. The molecule has 0 bridgehead atoms. The number of rotatable bonds is 8. The quantitative estimate of drug-likeness (QED) is 0.254. The summed E-state index contributed by atoms with van der Waals surface area (Å²) < 4.78 is 0. The van der Waals surface area contributed by atoms with Gasteiger partial charge >= 0.3 is 0 Å². The van der Waals surface area contributed by atoms with Gasteiger partial charge in [-0.05, 0) is 73.7 Å². The van der Waals surface area contributed by atoms with Gasteiger partial charge in [0.1, 0.15) is 11.7 Å². The van der Waals surface area contributed by atoms with E-state index in [1.165, 1.54) is 0 Å². The topological polar surface area (TPSA) is 172 Å². The first-order valence-electron chi connectivity index (χ1n) is 18.9. The molecular weight excluding hydrogens is 702 g/mol. The van der Waals surface area contributed by atoms with Crippen molar-refractivity contribution < 1.29 is 24.0 Å². The van der Waals surface area contributed by atoms with Crippen LogP contribution < -0.4 is 20.7 Å². The van der Waals surface area contributed by atoms with Crippen molar-refractivity contribution in [2.75, 3.05) is 56.1 Å². The van der Waals surface area contributed by atoms with E-state index < -0.39 is 29.7 Å². The number of carbonyl (C=O) groups is 5. The molecule has 0 aliphatic carbocycles. The standard InChI is InChI=1S/C40H43N9O6/c1-3-25-19-32-33(43-36(25)51)18-24(21-41-32)23-46-14-16-48(17-15-46)28-5-7-31(42-22-28)40(55)45(2)26-10-12-47(13-11-26)27-4-6-29-30(20-27)39(54)49(38(29)53)34-8-9-35(50)44-37(34)52/h4-7,18-22,26,34H,3,8-17,23H2,1-2H3,(H,43,51)(H,44,50,52)/t34-/m0/s1. The molecule has 55 heavy (non-hydrogen) atoms. The maximum Gasteiger partial charge on any atom is 0.272 e. The second-order valence-electron chi connectivity index (χ2n) is 14.7. The molecule has 284 valence electrons. The number of piperidine rings is 2. The zero-order valence-corrected chi connectivity index (χ0v) is 30.9. The minimum atomic E-state index is -1.00. The molecule has 0 radical (unpaired) electrons. The molecule has 0 spiro atoms. The van der Waals surface area contributed by atoms with Crippen LogP contribution in [0.15, 0.2) is 59.7 Å². The molecule has 0 saturated carbocycles. The minimum absolute atomic E-state index is 0.00539. The number of carbonyl (C=O) groups excluding carboxylic acids is 5. The molecule has 3 aromatic heterocycles. The summed E-state index contributed by atoms with van der Waals surface area (Å²) in [4.78, 5) is 97.9. The number of aryl methyl sites for hydroxylation is 1. The molecule has 15 nitrogen and oxygen atoms in total. The molecule has 8 rings (SSSR count). The number of nitrogens with one attached hydrogen (secondary N) is 2. The molecule has 3 saturated heterocycles. The van der Waals surface area contributed by atoms with E-state index in [0.717, 1.165) is 71.2 Å². The van der Waals surface area contributed by atoms with E-state index in [4.69, 9.17) is 0 Å². The molecule has 4 aromatic rings. The zero-order chi connectivity index (χ0) is 38.4. The van der Waals surface area contributed by atoms with Crippen molar-refractivity contribution >= 4 is 51.9 Å². The molecule has 1 atom stereocenters. The van der Waals surface area contributed by atoms with Crippen molar-refractivity contribution in [3.63, 3.8) is 0 Å². The van der Waals surface area contributed by atoms with Gasteiger partial charge in [0.25, 0.3) is 23.3 Å². The maximum absolute atomic E-state index is 13.5. The Kier molecular flexibility index (Phi) is 9.63. The van der Waals surface area contributed by atoms with Gasteiger partial charge < -0.3 is 19.7 Å². The smallest absolute Gasteiger partial charge is 0.272 e. The van der Waals surface area contributed by atoms with Crippen molar-refractivity contribution in [2.45, 2.75) is 57.7 Å². The van der Waals surface area contributed by atoms with Crippen LogP contribution in [0.3, 0.4) is 0 Å². The summed E-state index contributed by atoms with van der Waals surface area (Å²) in [6, 6.07) is 11.8. The molecule has 3 fully saturated rings. The second kappa shape index (κ2) is 14.7. The summed E-state index contributed by atoms with van der Waals surface area (Å²) in [6.07, 6.45) is 5.93. The zero-order valence-electron chi connectivity index (χ0n) is 30.9. The fourth-order valence-electron chi connectivity index (χ4n) is 8.15. The Morgan fingerprint density at radius 3 is 2.25 bits per heavy atom. The molecule has 7 heterocycles. The van der Waals surface area contributed by atoms with Crippen molar-refractivity contribution in [3.05, 3.63) is 93.2 Å². The lowest BCUT2D eigenvalue weighted by Crippen LogP contribution is -2.54. The third-order valence-corrected chi connectivity index (χ3v) is 11.4. The highest BCUT2D eigenvalue weighted by Crippen LogP contribution is 2.32. The van der Waals surface area contributed by atoms with Crippen LogP contribution >= 0.6 is 0 Å². The van der Waals surface area contributed by atoms with Gasteiger partial charge in [-0.3, -0.25) is 48.9 Å². The summed E-state index contributed by atoms with van der Waals surface area (Å²) in [7, 11) is 1.81. The average molecular weight is 746 g/mol. The van der Waals surface area contributed by atoms with Gasteiger partial charge in [-0.1, -0.05) is 6.92 Å². The highest BCUT2D eigenvalue weighted by molar-refractivity contribution is 6.23. The van der Waals surface area contributed by atoms with Gasteiger partial charge in [0.15, 0.2) is 0 Å². The van der Waals surface area contributed by atoms with Crippen LogP contribution in [0.4, 0.5) is 11.4 Å². The van der Waals surface area contributed by atoms with Crippen molar-refractivity contribution in [2.24, 2.45) is 0 Å². The minimum Gasteiger partial charge on any atom is -0.371 e. The molecular formula is C40H43N9O6. The number of nitrogens with zero attached hydrogens (tertiary/aromatic N) is 7. The van der Waals surface area contributed by atoms with E-state index in [1.807, 2.05) is 44.4 Å². The first kappa shape index (κ1) is 36.0. The first-order chi connectivity index (χ1) is 26.6. The van der Waals surface area contributed by atoms with Crippen LogP contribution in [0, 0.1) is 0 Å². The summed E-state index contributed by atoms with van der Waals surface area (Å²) >= 11 is 0. The van der Waals surface area contributed by atoms with Crippen LogP contribution in [0.1, 0.15) is 74.9 Å². The summed E-state index contributed by atoms with van der Waals surface area (Å²) in [6.45, 7) is 7.34. The number of fused-ring (bicyclic) bond motifs is 2. The van der Waals surface area contributed by atoms with E-state index in [2.05, 4.69) is 35.0 Å². The van der Waals surface area contributed by atoms with Gasteiger partial charge in [-0.15, -0.1) is 0 Å². The van der Waals surface area contributed by atoms with E-state index in [9.17, 15) is 28.8 Å². The van der Waals surface area contributed by atoms with Crippen molar-refractivity contribution in [1.29, 1.82) is 0 Å². The predicted molar refractivity (Wildman–Crippen MR) is 204 cm³/mol. The first-order valence-corrected chi connectivity index (χ1v) is 18.9. The van der Waals surface area contributed by atoms with Gasteiger partial charge in [0.2, 0.25) is 11.8 Å². The van der Waals surface area contributed by atoms with E-state index in [1.54, 1.807) is 29.3 Å². The lowest BCUT2D eigenvalue weighted by atomic mass is 10.0. The lowest BCUT2D eigenvalue weighted by Gasteiger charge is -2.38. The fraction of sp³-hybridized carbons (Fsp3) is 0.400. The Morgan fingerprint density at radius 2 is 1.55 bits per heavy atom. The Balaban J connectivity index is 0.826. The number of anilines is 2. The molecule has 5 amide bonds. The second-order valence-corrected chi connectivity index (χ2v) is 14.7. The number of H-pyrrole nitrogens is 1. The fourth-order valence-corrected chi connectivity index (χ4v) is 8.15. The Morgan fingerprint density at radius 1 is 0.818 bits per heavy atom. The Labute approximate surface area is 317 Å². The van der Waals surface area contributed by atoms with Gasteiger partial charge in [-0.2, -0.15) is 0 Å². The summed E-state index contributed by atoms with van der Waals surface area (Å²) in [5.74, 6) is -2.24. The average Bonchev–Trinajstić information content (AvgIpc) is 3.45. The number of piperazine rings is 1. The van der Waals surface area contributed by atoms with E-state index >= 15 is 0 Å². The third kappa shape index (κ3) is 6.95. The Bertz CT molecular complexity index is 2260. The number of imide groups is 2. The molecule has 15 heteroatoms. The van der Waals surface area contributed by atoms with Crippen LogP contribution in [0.25, 0.3) is 11.0 Å². The van der Waals surface area contributed by atoms with Crippen LogP contribution in [0.5, 0.6) is 0 Å². The monoisotopic (exact) mass is 745 g/mol. The van der Waals surface area contributed by atoms with Gasteiger partial charge in [-0.25, -0.2) is 4.98 Å². The predicted octanol–water partition coefficient (Wildman–Crippen LogP) is 2.34. The Hall–Kier alpha value is -5.96. The van der Waals surface area contributed by atoms with Crippen molar-refractivity contribution in [3.8, 4) is 0 Å². The lowest BCUT2D eigenvalue weighted by molar-refractivity contribution is -0.136. The maximum atomic E-state index is 13.5. The number of aromatic nitrogens is 3. The largest absolute Gasteiger partial charge is 0.371 e. The van der Waals surface area contributed by atoms with E-state index in [0.29, 0.717) is 38.0 Å². The normalized spacial score (nSPS) is 19.6. The molecule has 1 aromatic carbocycles. The number of pyridine rings is 3. The van der Waals surface area contributed by atoms with Crippen LogP contribution in [-0.2, 0) is 22.6 Å². The van der Waals surface area contributed by atoms with Crippen molar-refractivity contribution in [1.82, 2.24) is 35.0 Å². The molecule has 4 aliphatic heterocycles. The van der Waals surface area contributed by atoms with Gasteiger partial charge in [0, 0.05) is 82.8 Å². The van der Waals surface area contributed by atoms with E-state index in [-0.39, 0.29) is 41.5 Å². The van der Waals surface area contributed by atoms with Gasteiger partial charge in [0.05, 0.1) is 34.0 Å².